The molecule has 0 saturated heterocycles. The second-order valence-electron chi connectivity index (χ2n) is 0.688. The Hall–Kier alpha value is -1.26. The van der Waals surface area contributed by atoms with E-state index in [1.807, 2.05) is 0 Å². The number of hydrazone groups is 1. The molecule has 5 nitrogen and oxygen atoms in total. The molecule has 4 N–H and O–H groups in total. The van der Waals surface area contributed by atoms with Crippen molar-refractivity contribution in [2.75, 3.05) is 0 Å². The van der Waals surface area contributed by atoms with Gasteiger partial charge in [-0.15, -0.1) is 5.10 Å². The first-order valence-corrected chi connectivity index (χ1v) is 1.47. The van der Waals surface area contributed by atoms with Gasteiger partial charge in [-0.2, -0.15) is 0 Å². The van der Waals surface area contributed by atoms with E-state index >= 15 is 0 Å². The predicted octanol–water partition coefficient (Wildman–Crippen LogP) is -1.19. The van der Waals surface area contributed by atoms with Gasteiger partial charge in [-0.05, 0) is 0 Å². The van der Waals surface area contributed by atoms with Crippen LogP contribution >= 0.6 is 0 Å². The summed E-state index contributed by atoms with van der Waals surface area (Å²) in [7, 11) is 0. The van der Waals surface area contributed by atoms with Crippen LogP contribution in [-0.2, 0) is 4.84 Å². The molecular weight excluding hydrogens is 96.0 g/mol. The van der Waals surface area contributed by atoms with Gasteiger partial charge in [0, 0.05) is 6.72 Å². The van der Waals surface area contributed by atoms with Crippen LogP contribution in [0.1, 0.15) is 0 Å². The first kappa shape index (κ1) is 5.74. The minimum atomic E-state index is -0.199. The molecule has 40 valence electrons. The molecule has 0 aromatic carbocycles. The van der Waals surface area contributed by atoms with E-state index in [9.17, 15) is 0 Å². The maximum Gasteiger partial charge on any atom is 0.333 e. The van der Waals surface area contributed by atoms with Gasteiger partial charge in [0.15, 0.2) is 0 Å². The van der Waals surface area contributed by atoms with Gasteiger partial charge in [0.1, 0.15) is 0 Å². The molecule has 0 aliphatic heterocycles. The molecule has 0 unspecified atom stereocenters. The van der Waals surface area contributed by atoms with Crippen molar-refractivity contribution in [1.82, 2.24) is 0 Å². The van der Waals surface area contributed by atoms with Gasteiger partial charge >= 0.3 is 6.02 Å². The fraction of sp³-hybridized carbons (Fsp3) is 0. The van der Waals surface area contributed by atoms with Crippen LogP contribution in [-0.4, -0.2) is 12.7 Å². The lowest BCUT2D eigenvalue weighted by Crippen LogP contribution is -2.14. The van der Waals surface area contributed by atoms with Crippen LogP contribution < -0.4 is 11.6 Å². The van der Waals surface area contributed by atoms with Crippen molar-refractivity contribution < 1.29 is 4.84 Å². The third-order valence-corrected chi connectivity index (χ3v) is 0.285. The lowest BCUT2D eigenvalue weighted by atomic mass is 11.2. The first-order chi connectivity index (χ1) is 3.31. The summed E-state index contributed by atoms with van der Waals surface area (Å²) < 4.78 is 0. The van der Waals surface area contributed by atoms with Gasteiger partial charge in [0.25, 0.3) is 0 Å². The Bertz CT molecular complexity index is 87.7. The van der Waals surface area contributed by atoms with Crippen molar-refractivity contribution in [3.8, 4) is 0 Å². The maximum absolute atomic E-state index is 4.85. The Labute approximate surface area is 40.6 Å². The molecule has 0 aromatic heterocycles. The third-order valence-electron chi connectivity index (χ3n) is 0.285. The zero-order valence-corrected chi connectivity index (χ0v) is 3.66. The second-order valence-corrected chi connectivity index (χ2v) is 0.688. The molecule has 0 aromatic rings. The fourth-order valence-corrected chi connectivity index (χ4v) is 0.0897. The van der Waals surface area contributed by atoms with E-state index in [0.717, 1.165) is 0 Å². The summed E-state index contributed by atoms with van der Waals surface area (Å²) in [5.74, 6) is 4.61. The second kappa shape index (κ2) is 2.95. The highest BCUT2D eigenvalue weighted by molar-refractivity contribution is 5.70. The molecule has 0 radical (unpaired) electrons. The summed E-state index contributed by atoms with van der Waals surface area (Å²) in [5.41, 5.74) is 4.85. The van der Waals surface area contributed by atoms with Crippen molar-refractivity contribution in [3.05, 3.63) is 0 Å². The van der Waals surface area contributed by atoms with Crippen molar-refractivity contribution in [1.29, 1.82) is 0 Å². The lowest BCUT2D eigenvalue weighted by molar-refractivity contribution is 0.325. The van der Waals surface area contributed by atoms with Crippen molar-refractivity contribution in [2.24, 2.45) is 21.8 Å². The third kappa shape index (κ3) is 2.54. The Morgan fingerprint density at radius 2 is 2.29 bits per heavy atom. The van der Waals surface area contributed by atoms with Crippen LogP contribution in [0.25, 0.3) is 0 Å². The first-order valence-electron chi connectivity index (χ1n) is 1.47. The Balaban J connectivity index is 3.36. The van der Waals surface area contributed by atoms with E-state index in [-0.39, 0.29) is 6.02 Å². The minimum Gasteiger partial charge on any atom is -0.350 e. The molecule has 7 heavy (non-hydrogen) atoms. The Kier molecular flexibility index (Phi) is 2.42. The smallest absolute Gasteiger partial charge is 0.333 e. The van der Waals surface area contributed by atoms with Gasteiger partial charge in [0.05, 0.1) is 0 Å². The Morgan fingerprint density at radius 3 is 2.43 bits per heavy atom. The van der Waals surface area contributed by atoms with E-state index in [0.29, 0.717) is 0 Å². The average molecular weight is 102 g/mol. The molecule has 0 aliphatic carbocycles. The van der Waals surface area contributed by atoms with E-state index in [2.05, 4.69) is 27.7 Å². The maximum atomic E-state index is 4.85. The summed E-state index contributed by atoms with van der Waals surface area (Å²) in [4.78, 5) is 4.11. The van der Waals surface area contributed by atoms with Crippen molar-refractivity contribution in [3.63, 3.8) is 0 Å². The van der Waals surface area contributed by atoms with E-state index in [1.54, 1.807) is 0 Å². The van der Waals surface area contributed by atoms with Crippen LogP contribution in [0, 0.1) is 0 Å². The molecule has 5 heteroatoms. The van der Waals surface area contributed by atoms with Crippen LogP contribution in [0.2, 0.25) is 0 Å². The number of nitrogens with zero attached hydrogens (tertiary/aromatic N) is 2. The molecule has 0 saturated carbocycles. The number of hydrogen-bond donors (Lipinski definition) is 2. The summed E-state index contributed by atoms with van der Waals surface area (Å²) >= 11 is 0. The molecule has 0 bridgehead atoms. The molecule has 0 rings (SSSR count). The molecule has 0 amide bonds. The molecular formula is C2H6N4O. The van der Waals surface area contributed by atoms with Crippen LogP contribution in [0.4, 0.5) is 0 Å². The molecule has 0 aliphatic rings. The monoisotopic (exact) mass is 102 g/mol. The largest absolute Gasteiger partial charge is 0.350 e. The number of hydrogen-bond acceptors (Lipinski definition) is 4. The number of oxime groups is 1. The number of nitrogens with two attached hydrogens (primary N) is 2. The highest BCUT2D eigenvalue weighted by atomic mass is 16.6. The lowest BCUT2D eigenvalue weighted by Gasteiger charge is -1.88. The molecule has 0 atom stereocenters. The van der Waals surface area contributed by atoms with Crippen molar-refractivity contribution in [2.45, 2.75) is 0 Å². The fourth-order valence-electron chi connectivity index (χ4n) is 0.0897. The van der Waals surface area contributed by atoms with Gasteiger partial charge in [-0.25, -0.2) is 0 Å². The molecule has 0 fully saturated rings. The van der Waals surface area contributed by atoms with Crippen LogP contribution in [0.5, 0.6) is 0 Å². The van der Waals surface area contributed by atoms with E-state index in [1.165, 1.54) is 0 Å². The highest BCUT2D eigenvalue weighted by Gasteiger charge is 1.81. The highest BCUT2D eigenvalue weighted by Crippen LogP contribution is 1.66. The van der Waals surface area contributed by atoms with Gasteiger partial charge in [0.2, 0.25) is 0 Å². The topological polar surface area (TPSA) is 86.0 Å². The van der Waals surface area contributed by atoms with E-state index < -0.39 is 0 Å². The minimum absolute atomic E-state index is 0.199. The average Bonchev–Trinajstić information content (AvgIpc) is 1.68. The predicted molar refractivity (Wildman–Crippen MR) is 26.4 cm³/mol. The van der Waals surface area contributed by atoms with Crippen LogP contribution in [0.15, 0.2) is 10.3 Å². The molecule has 0 heterocycles. The van der Waals surface area contributed by atoms with Crippen molar-refractivity contribution >= 4 is 12.7 Å². The van der Waals surface area contributed by atoms with Gasteiger partial charge < -0.3 is 16.4 Å². The standard InChI is InChI=1S/C2H6N4O/c1-5-7-2(3)6-4/h1,4H2,(H2,3,6). The van der Waals surface area contributed by atoms with Gasteiger partial charge in [-0.3, -0.25) is 0 Å². The molecule has 0 spiro atoms. The zero-order chi connectivity index (χ0) is 5.70. The summed E-state index contributed by atoms with van der Waals surface area (Å²) in [5, 5.41) is 5.84. The summed E-state index contributed by atoms with van der Waals surface area (Å²) in [6.45, 7) is 2.96. The number of amidine groups is 1. The quantitative estimate of drug-likeness (QED) is 0.189. The zero-order valence-electron chi connectivity index (χ0n) is 3.66. The van der Waals surface area contributed by atoms with Gasteiger partial charge in [-0.1, -0.05) is 5.16 Å². The SMILES string of the molecule is C=NO/C(N)=N\N. The van der Waals surface area contributed by atoms with E-state index in [4.69, 9.17) is 5.73 Å². The summed E-state index contributed by atoms with van der Waals surface area (Å²) in [6.07, 6.45) is 0. The normalized spacial score (nSPS) is 10.6. The number of rotatable bonds is 1. The Morgan fingerprint density at radius 1 is 1.71 bits per heavy atom. The van der Waals surface area contributed by atoms with Crippen LogP contribution in [0.3, 0.4) is 0 Å². The summed E-state index contributed by atoms with van der Waals surface area (Å²) in [6, 6.07) is -0.199.